The fraction of sp³-hybridized carbons (Fsp3) is 0.364. The minimum atomic E-state index is -3.81. The number of aromatic carboxylic acids is 1. The molecular weight excluding hydrogens is 296 g/mol. The second-order valence-corrected chi connectivity index (χ2v) is 5.46. The lowest BCUT2D eigenvalue weighted by Crippen LogP contribution is -2.28. The zero-order valence-electron chi connectivity index (χ0n) is 10.3. The molecule has 0 radical (unpaired) electrons. The molecule has 0 amide bonds. The maximum absolute atomic E-state index is 11.8. The molecule has 0 atom stereocenters. The van der Waals surface area contributed by atoms with Gasteiger partial charge in [0.1, 0.15) is 6.61 Å². The number of rotatable bonds is 8. The molecule has 1 aromatic carbocycles. The van der Waals surface area contributed by atoms with Crippen molar-refractivity contribution in [2.75, 3.05) is 19.8 Å². The Bertz CT molecular complexity index is 544. The van der Waals surface area contributed by atoms with Crippen LogP contribution in [0.25, 0.3) is 0 Å². The molecule has 0 aliphatic rings. The molecule has 20 heavy (non-hydrogen) atoms. The van der Waals surface area contributed by atoms with Gasteiger partial charge in [0, 0.05) is 6.54 Å². The van der Waals surface area contributed by atoms with Crippen LogP contribution in [0.2, 0.25) is 0 Å². The number of carboxylic acids is 1. The van der Waals surface area contributed by atoms with Gasteiger partial charge in [-0.3, -0.25) is 0 Å². The number of halogens is 2. The van der Waals surface area contributed by atoms with Crippen molar-refractivity contribution in [3.8, 4) is 0 Å². The summed E-state index contributed by atoms with van der Waals surface area (Å²) in [7, 11) is -3.81. The molecule has 0 fully saturated rings. The number of carboxylic acid groups (broad SMARTS) is 1. The molecule has 0 heterocycles. The smallest absolute Gasteiger partial charge is 0.335 e. The highest BCUT2D eigenvalue weighted by atomic mass is 32.2. The van der Waals surface area contributed by atoms with E-state index in [0.717, 1.165) is 24.3 Å². The SMILES string of the molecule is O=C(O)c1ccc(S(=O)(=O)NCCOCC(F)F)cc1. The first kappa shape index (κ1) is 16.5. The van der Waals surface area contributed by atoms with Crippen LogP contribution in [0.15, 0.2) is 29.2 Å². The minimum Gasteiger partial charge on any atom is -0.478 e. The maximum Gasteiger partial charge on any atom is 0.335 e. The van der Waals surface area contributed by atoms with E-state index in [0.29, 0.717) is 0 Å². The largest absolute Gasteiger partial charge is 0.478 e. The third-order valence-corrected chi connectivity index (χ3v) is 3.67. The lowest BCUT2D eigenvalue weighted by molar-refractivity contribution is 0.0199. The highest BCUT2D eigenvalue weighted by Crippen LogP contribution is 2.10. The topological polar surface area (TPSA) is 92.7 Å². The molecule has 0 unspecified atom stereocenters. The van der Waals surface area contributed by atoms with Gasteiger partial charge in [-0.25, -0.2) is 26.7 Å². The lowest BCUT2D eigenvalue weighted by Gasteiger charge is -2.07. The Morgan fingerprint density at radius 1 is 1.30 bits per heavy atom. The van der Waals surface area contributed by atoms with Gasteiger partial charge in [0.15, 0.2) is 0 Å². The van der Waals surface area contributed by atoms with E-state index in [1.54, 1.807) is 0 Å². The van der Waals surface area contributed by atoms with Gasteiger partial charge >= 0.3 is 5.97 Å². The number of hydrogen-bond donors (Lipinski definition) is 2. The summed E-state index contributed by atoms with van der Waals surface area (Å²) in [6.07, 6.45) is -2.60. The summed E-state index contributed by atoms with van der Waals surface area (Å²) in [5.41, 5.74) is -0.0378. The number of alkyl halides is 2. The van der Waals surface area contributed by atoms with Crippen LogP contribution in [-0.4, -0.2) is 45.7 Å². The van der Waals surface area contributed by atoms with Crippen LogP contribution in [0.3, 0.4) is 0 Å². The first-order chi connectivity index (χ1) is 9.33. The predicted octanol–water partition coefficient (Wildman–Crippen LogP) is 0.945. The van der Waals surface area contributed by atoms with E-state index in [2.05, 4.69) is 9.46 Å². The number of carbonyl (C=O) groups is 1. The zero-order valence-corrected chi connectivity index (χ0v) is 11.1. The summed E-state index contributed by atoms with van der Waals surface area (Å²) in [6, 6.07) is 4.60. The summed E-state index contributed by atoms with van der Waals surface area (Å²) >= 11 is 0. The zero-order chi connectivity index (χ0) is 15.2. The van der Waals surface area contributed by atoms with Gasteiger partial charge in [0.05, 0.1) is 17.1 Å². The Morgan fingerprint density at radius 2 is 1.90 bits per heavy atom. The first-order valence-electron chi connectivity index (χ1n) is 5.52. The van der Waals surface area contributed by atoms with E-state index in [-0.39, 0.29) is 23.6 Å². The molecule has 112 valence electrons. The number of benzene rings is 1. The fourth-order valence-electron chi connectivity index (χ4n) is 1.28. The summed E-state index contributed by atoms with van der Waals surface area (Å²) in [4.78, 5) is 10.5. The van der Waals surface area contributed by atoms with Gasteiger partial charge in [-0.15, -0.1) is 0 Å². The van der Waals surface area contributed by atoms with E-state index in [1.807, 2.05) is 0 Å². The molecule has 0 saturated carbocycles. The van der Waals surface area contributed by atoms with Gasteiger partial charge in [-0.1, -0.05) is 0 Å². The second kappa shape index (κ2) is 7.27. The number of hydrogen-bond acceptors (Lipinski definition) is 4. The van der Waals surface area contributed by atoms with Crippen LogP contribution in [0.1, 0.15) is 10.4 Å². The standard InChI is InChI=1S/C11H13F2NO5S/c12-10(13)7-19-6-5-14-20(17,18)9-3-1-8(2-4-9)11(15)16/h1-4,10,14H,5-7H2,(H,15,16). The Hall–Kier alpha value is -1.58. The number of ether oxygens (including phenoxy) is 1. The van der Waals surface area contributed by atoms with Crippen molar-refractivity contribution in [2.24, 2.45) is 0 Å². The molecule has 2 N–H and O–H groups in total. The summed E-state index contributed by atoms with van der Waals surface area (Å²) < 4.78 is 53.7. The quantitative estimate of drug-likeness (QED) is 0.697. The molecule has 0 saturated heterocycles. The van der Waals surface area contributed by atoms with Crippen LogP contribution in [0.4, 0.5) is 8.78 Å². The van der Waals surface area contributed by atoms with Gasteiger partial charge < -0.3 is 9.84 Å². The van der Waals surface area contributed by atoms with Crippen LogP contribution in [-0.2, 0) is 14.8 Å². The van der Waals surface area contributed by atoms with E-state index in [1.165, 1.54) is 0 Å². The first-order valence-corrected chi connectivity index (χ1v) is 7.00. The average Bonchev–Trinajstić information content (AvgIpc) is 2.38. The van der Waals surface area contributed by atoms with Crippen LogP contribution >= 0.6 is 0 Å². The van der Waals surface area contributed by atoms with Gasteiger partial charge in [-0.05, 0) is 24.3 Å². The summed E-state index contributed by atoms with van der Waals surface area (Å²) in [5.74, 6) is -1.16. The van der Waals surface area contributed by atoms with Crippen molar-refractivity contribution in [3.05, 3.63) is 29.8 Å². The predicted molar refractivity (Wildman–Crippen MR) is 65.4 cm³/mol. The third kappa shape index (κ3) is 5.19. The van der Waals surface area contributed by atoms with Crippen LogP contribution in [0, 0.1) is 0 Å². The van der Waals surface area contributed by atoms with Crippen molar-refractivity contribution in [1.29, 1.82) is 0 Å². The molecule has 0 aromatic heterocycles. The van der Waals surface area contributed by atoms with Gasteiger partial charge in [-0.2, -0.15) is 0 Å². The molecular formula is C11H13F2NO5S. The van der Waals surface area contributed by atoms with Crippen molar-refractivity contribution < 1.29 is 31.8 Å². The van der Waals surface area contributed by atoms with Crippen LogP contribution < -0.4 is 4.72 Å². The Kier molecular flexibility index (Phi) is 5.99. The van der Waals surface area contributed by atoms with E-state index in [4.69, 9.17) is 5.11 Å². The van der Waals surface area contributed by atoms with Crippen LogP contribution in [0.5, 0.6) is 0 Å². The summed E-state index contributed by atoms with van der Waals surface area (Å²) in [5, 5.41) is 8.68. The number of nitrogens with one attached hydrogen (secondary N) is 1. The molecule has 9 heteroatoms. The molecule has 0 spiro atoms. The third-order valence-electron chi connectivity index (χ3n) is 2.19. The Balaban J connectivity index is 2.54. The fourth-order valence-corrected chi connectivity index (χ4v) is 2.29. The van der Waals surface area contributed by atoms with Gasteiger partial charge in [0.25, 0.3) is 6.43 Å². The van der Waals surface area contributed by atoms with E-state index < -0.39 is 29.0 Å². The normalized spacial score (nSPS) is 11.8. The molecule has 1 rings (SSSR count). The highest BCUT2D eigenvalue weighted by Gasteiger charge is 2.14. The molecule has 1 aromatic rings. The molecule has 0 aliphatic heterocycles. The Labute approximate surface area is 114 Å². The van der Waals surface area contributed by atoms with Gasteiger partial charge in [0.2, 0.25) is 10.0 Å². The Morgan fingerprint density at radius 3 is 2.40 bits per heavy atom. The average molecular weight is 309 g/mol. The van der Waals surface area contributed by atoms with E-state index in [9.17, 15) is 22.0 Å². The monoisotopic (exact) mass is 309 g/mol. The minimum absolute atomic E-state index is 0.0378. The maximum atomic E-state index is 11.8. The molecule has 0 bridgehead atoms. The molecule has 0 aliphatic carbocycles. The summed E-state index contributed by atoms with van der Waals surface area (Å²) in [6.45, 7) is -1.10. The van der Waals surface area contributed by atoms with Crippen molar-refractivity contribution in [3.63, 3.8) is 0 Å². The van der Waals surface area contributed by atoms with E-state index >= 15 is 0 Å². The molecule has 6 nitrogen and oxygen atoms in total. The van der Waals surface area contributed by atoms with Crippen molar-refractivity contribution >= 4 is 16.0 Å². The second-order valence-electron chi connectivity index (χ2n) is 3.69. The van der Waals surface area contributed by atoms with Crippen molar-refractivity contribution in [1.82, 2.24) is 4.72 Å². The highest BCUT2D eigenvalue weighted by molar-refractivity contribution is 7.89. The lowest BCUT2D eigenvalue weighted by atomic mass is 10.2. The number of sulfonamides is 1. The van der Waals surface area contributed by atoms with Crippen molar-refractivity contribution in [2.45, 2.75) is 11.3 Å².